The van der Waals surface area contributed by atoms with Gasteiger partial charge in [0.05, 0.1) is 44.4 Å². The van der Waals surface area contributed by atoms with Crippen LogP contribution in [0.3, 0.4) is 0 Å². The minimum Gasteiger partial charge on any atom is -0.497 e. The number of methoxy groups -OCH3 is 2. The van der Waals surface area contributed by atoms with E-state index in [0.29, 0.717) is 42.6 Å². The minimum absolute atomic E-state index is 0.0285. The van der Waals surface area contributed by atoms with Crippen molar-refractivity contribution in [1.82, 2.24) is 20.1 Å². The van der Waals surface area contributed by atoms with Crippen LogP contribution in [0, 0.1) is 11.8 Å². The number of hydrogen-bond donors (Lipinski definition) is 2. The third-order valence-electron chi connectivity index (χ3n) is 7.02. The molecule has 3 aromatic rings. The normalized spacial score (nSPS) is 20.8. The molecule has 1 aliphatic heterocycles. The maximum absolute atomic E-state index is 12.5. The summed E-state index contributed by atoms with van der Waals surface area (Å²) in [6.07, 6.45) is 10.7. The van der Waals surface area contributed by atoms with Gasteiger partial charge in [-0.25, -0.2) is 4.98 Å². The SMILES string of the molecule is COc1cc(C#Cc2nn3c4c(cnc(N)c24)/C=C/CCOCCC(=O)N[C@@H]2CCC[C@@H]3C2)cc(OC)c1. The van der Waals surface area contributed by atoms with Gasteiger partial charge in [-0.05, 0) is 50.2 Å². The van der Waals surface area contributed by atoms with Gasteiger partial charge >= 0.3 is 0 Å². The fraction of sp³-hybridized carbons (Fsp3) is 0.414. The summed E-state index contributed by atoms with van der Waals surface area (Å²) in [5.41, 5.74) is 9.58. The second-order valence-electron chi connectivity index (χ2n) is 9.61. The first-order valence-corrected chi connectivity index (χ1v) is 13.0. The molecule has 3 N–H and O–H groups in total. The minimum atomic E-state index is 0.0285. The van der Waals surface area contributed by atoms with E-state index in [9.17, 15) is 4.79 Å². The monoisotopic (exact) mass is 515 g/mol. The van der Waals surface area contributed by atoms with Crippen LogP contribution in [-0.4, -0.2) is 54.1 Å². The fourth-order valence-corrected chi connectivity index (χ4v) is 5.15. The molecule has 1 fully saturated rings. The molecular weight excluding hydrogens is 482 g/mol. The van der Waals surface area contributed by atoms with Gasteiger partial charge in [0.2, 0.25) is 5.91 Å². The molecule has 38 heavy (non-hydrogen) atoms. The Kier molecular flexibility index (Phi) is 7.80. The second-order valence-corrected chi connectivity index (χ2v) is 9.61. The Hall–Kier alpha value is -4.03. The zero-order valence-electron chi connectivity index (χ0n) is 21.8. The van der Waals surface area contributed by atoms with Crippen LogP contribution in [0.1, 0.15) is 61.4 Å². The quantitative estimate of drug-likeness (QED) is 0.498. The van der Waals surface area contributed by atoms with E-state index in [4.69, 9.17) is 25.0 Å². The second kappa shape index (κ2) is 11.6. The first-order valence-electron chi connectivity index (χ1n) is 13.0. The van der Waals surface area contributed by atoms with E-state index in [1.807, 2.05) is 18.2 Å². The van der Waals surface area contributed by atoms with E-state index in [2.05, 4.69) is 32.9 Å². The third-order valence-corrected chi connectivity index (χ3v) is 7.02. The van der Waals surface area contributed by atoms with E-state index in [0.717, 1.165) is 54.1 Å². The van der Waals surface area contributed by atoms with Crippen molar-refractivity contribution >= 4 is 28.7 Å². The van der Waals surface area contributed by atoms with E-state index in [-0.39, 0.29) is 18.0 Å². The molecule has 2 atom stereocenters. The molecule has 1 saturated carbocycles. The predicted molar refractivity (Wildman–Crippen MR) is 146 cm³/mol. The van der Waals surface area contributed by atoms with Crippen LogP contribution in [0.5, 0.6) is 11.5 Å². The third kappa shape index (κ3) is 5.60. The first kappa shape index (κ1) is 25.6. The van der Waals surface area contributed by atoms with Crippen molar-refractivity contribution in [3.05, 3.63) is 47.3 Å². The molecule has 0 radical (unpaired) electrons. The number of rotatable bonds is 2. The van der Waals surface area contributed by atoms with Gasteiger partial charge in [0.15, 0.2) is 0 Å². The van der Waals surface area contributed by atoms with Crippen molar-refractivity contribution in [3.8, 4) is 23.3 Å². The van der Waals surface area contributed by atoms with Crippen LogP contribution in [0.4, 0.5) is 5.82 Å². The highest BCUT2D eigenvalue weighted by Gasteiger charge is 2.28. The van der Waals surface area contributed by atoms with Crippen LogP contribution in [0.15, 0.2) is 30.5 Å². The Bertz CT molecular complexity index is 1400. The van der Waals surface area contributed by atoms with Crippen LogP contribution >= 0.6 is 0 Å². The number of benzene rings is 1. The molecule has 9 nitrogen and oxygen atoms in total. The first-order chi connectivity index (χ1) is 18.6. The smallest absolute Gasteiger partial charge is 0.222 e. The molecule has 9 heteroatoms. The molecule has 198 valence electrons. The number of nitrogens with one attached hydrogen (secondary N) is 1. The molecule has 1 amide bonds. The van der Waals surface area contributed by atoms with Crippen molar-refractivity contribution in [2.45, 2.75) is 50.6 Å². The zero-order valence-corrected chi connectivity index (χ0v) is 21.8. The number of fused-ring (bicyclic) bond motifs is 3. The summed E-state index contributed by atoms with van der Waals surface area (Å²) in [5, 5.41) is 8.93. The van der Waals surface area contributed by atoms with Crippen LogP contribution < -0.4 is 20.5 Å². The Labute approximate surface area is 222 Å². The molecule has 2 aliphatic rings. The largest absolute Gasteiger partial charge is 0.497 e. The molecule has 0 spiro atoms. The molecule has 0 unspecified atom stereocenters. The van der Waals surface area contributed by atoms with Crippen LogP contribution in [0.2, 0.25) is 0 Å². The highest BCUT2D eigenvalue weighted by atomic mass is 16.5. The summed E-state index contributed by atoms with van der Waals surface area (Å²) in [4.78, 5) is 17.0. The highest BCUT2D eigenvalue weighted by Crippen LogP contribution is 2.35. The molecule has 0 saturated heterocycles. The molecule has 1 aromatic carbocycles. The van der Waals surface area contributed by atoms with Crippen LogP contribution in [-0.2, 0) is 9.53 Å². The van der Waals surface area contributed by atoms with Crippen molar-refractivity contribution < 1.29 is 19.0 Å². The van der Waals surface area contributed by atoms with Gasteiger partial charge in [0.1, 0.15) is 23.0 Å². The summed E-state index contributed by atoms with van der Waals surface area (Å²) in [6, 6.07) is 5.69. The number of amides is 1. The summed E-state index contributed by atoms with van der Waals surface area (Å²) >= 11 is 0. The maximum atomic E-state index is 12.5. The van der Waals surface area contributed by atoms with Gasteiger partial charge in [-0.2, -0.15) is 5.10 Å². The summed E-state index contributed by atoms with van der Waals surface area (Å²) < 4.78 is 18.5. The van der Waals surface area contributed by atoms with Gasteiger partial charge in [0, 0.05) is 35.9 Å². The van der Waals surface area contributed by atoms with Gasteiger partial charge in [-0.15, -0.1) is 0 Å². The van der Waals surface area contributed by atoms with E-state index in [1.165, 1.54) is 0 Å². The lowest BCUT2D eigenvalue weighted by atomic mass is 9.90. The van der Waals surface area contributed by atoms with Crippen molar-refractivity contribution in [2.24, 2.45) is 0 Å². The lowest BCUT2D eigenvalue weighted by Gasteiger charge is -2.30. The lowest BCUT2D eigenvalue weighted by molar-refractivity contribution is -0.123. The average molecular weight is 516 g/mol. The Balaban J connectivity index is 1.62. The summed E-state index contributed by atoms with van der Waals surface area (Å²) in [7, 11) is 3.22. The fourth-order valence-electron chi connectivity index (χ4n) is 5.15. The predicted octanol–water partition coefficient (Wildman–Crippen LogP) is 3.85. The number of nitrogens with zero attached hydrogens (tertiary/aromatic N) is 3. The van der Waals surface area contributed by atoms with Crippen molar-refractivity contribution in [2.75, 3.05) is 33.2 Å². The van der Waals surface area contributed by atoms with Crippen molar-refractivity contribution in [3.63, 3.8) is 0 Å². The average Bonchev–Trinajstić information content (AvgIpc) is 3.32. The molecule has 2 aromatic heterocycles. The standard InChI is InChI=1S/C29H33N5O4/c1-36-23-14-19(15-24(17-23)37-2)9-10-25-27-28-20(18-31-29(27)30)6-3-4-12-38-13-11-26(35)32-21-7-5-8-22(16-21)34(28)33-25/h3,6,14-15,17-18,21-22H,4-5,7-8,11-13,16H2,1-2H3,(H2,30,31)(H,32,35)/b6-3+/t21-,22-/m1/s1. The number of nitrogens with two attached hydrogens (primary N) is 1. The highest BCUT2D eigenvalue weighted by molar-refractivity contribution is 5.98. The molecule has 5 rings (SSSR count). The Morgan fingerprint density at radius 1 is 1.13 bits per heavy atom. The molecule has 1 aliphatic carbocycles. The Morgan fingerprint density at radius 2 is 1.95 bits per heavy atom. The number of hydrogen-bond acceptors (Lipinski definition) is 7. The summed E-state index contributed by atoms with van der Waals surface area (Å²) in [6.45, 7) is 0.966. The van der Waals surface area contributed by atoms with Crippen molar-refractivity contribution in [1.29, 1.82) is 0 Å². The lowest BCUT2D eigenvalue weighted by Crippen LogP contribution is -2.39. The molecular formula is C29H33N5O4. The summed E-state index contributed by atoms with van der Waals surface area (Å²) in [5.74, 6) is 8.17. The number of nitrogen functional groups attached to an aromatic ring is 1. The van der Waals surface area contributed by atoms with E-state index in [1.54, 1.807) is 26.5 Å². The number of anilines is 1. The van der Waals surface area contributed by atoms with Gasteiger partial charge in [-0.3, -0.25) is 9.48 Å². The number of carbonyl (C=O) groups excluding carboxylic acids is 1. The molecule has 3 heterocycles. The number of ether oxygens (including phenoxy) is 3. The van der Waals surface area contributed by atoms with Gasteiger partial charge in [-0.1, -0.05) is 18.1 Å². The topological polar surface area (TPSA) is 114 Å². The Morgan fingerprint density at radius 3 is 2.74 bits per heavy atom. The van der Waals surface area contributed by atoms with E-state index >= 15 is 0 Å². The van der Waals surface area contributed by atoms with E-state index < -0.39 is 0 Å². The number of aromatic nitrogens is 3. The zero-order chi connectivity index (χ0) is 26.5. The molecule has 2 bridgehead atoms. The van der Waals surface area contributed by atoms with Crippen LogP contribution in [0.25, 0.3) is 17.0 Å². The maximum Gasteiger partial charge on any atom is 0.222 e. The number of pyridine rings is 1. The van der Waals surface area contributed by atoms with Gasteiger partial charge < -0.3 is 25.3 Å². The number of carbonyl (C=O) groups is 1. The van der Waals surface area contributed by atoms with Gasteiger partial charge in [0.25, 0.3) is 0 Å².